The molecule has 1 aliphatic heterocycles. The Morgan fingerprint density at radius 3 is 2.50 bits per heavy atom. The van der Waals surface area contributed by atoms with Gasteiger partial charge < -0.3 is 19.3 Å². The maximum absolute atomic E-state index is 12.9. The summed E-state index contributed by atoms with van der Waals surface area (Å²) in [5.41, 5.74) is 0.268. The Hall–Kier alpha value is -3.46. The third kappa shape index (κ3) is 3.52. The molecule has 1 N–H and O–H groups in total. The lowest BCUT2D eigenvalue weighted by Crippen LogP contribution is -2.36. The van der Waals surface area contributed by atoms with Gasteiger partial charge in [-0.05, 0) is 43.9 Å². The number of aliphatic hydroxyl groups is 1. The molecule has 28 heavy (non-hydrogen) atoms. The highest BCUT2D eigenvalue weighted by Gasteiger charge is 2.44. The van der Waals surface area contributed by atoms with Crippen molar-refractivity contribution in [2.24, 2.45) is 0 Å². The first-order valence-electron chi connectivity index (χ1n) is 8.52. The van der Waals surface area contributed by atoms with Gasteiger partial charge in [0.15, 0.2) is 11.5 Å². The molecule has 0 unspecified atom stereocenters. The molecule has 1 aliphatic rings. The molecule has 2 aromatic rings. The van der Waals surface area contributed by atoms with Crippen molar-refractivity contribution in [3.05, 3.63) is 75.4 Å². The fourth-order valence-corrected chi connectivity index (χ4v) is 3.09. The minimum atomic E-state index is -0.870. The van der Waals surface area contributed by atoms with Crippen LogP contribution in [0.3, 0.4) is 0 Å². The predicted octanol–water partition coefficient (Wildman–Crippen LogP) is 2.33. The molecule has 1 amide bonds. The van der Waals surface area contributed by atoms with Crippen LogP contribution in [-0.4, -0.2) is 58.7 Å². The second kappa shape index (κ2) is 7.65. The maximum Gasteiger partial charge on any atom is 0.290 e. The second-order valence-electron chi connectivity index (χ2n) is 6.62. The molecule has 146 valence electrons. The fraction of sp³-hybridized carbons (Fsp3) is 0.263. The van der Waals surface area contributed by atoms with Crippen LogP contribution < -0.4 is 0 Å². The van der Waals surface area contributed by atoms with Crippen molar-refractivity contribution in [1.29, 1.82) is 0 Å². The number of aliphatic hydroxyl groups excluding tert-OH is 1. The number of nitrogens with zero attached hydrogens (tertiary/aromatic N) is 3. The zero-order valence-electron chi connectivity index (χ0n) is 15.4. The Labute approximate surface area is 160 Å². The number of carbonyl (C=O) groups is 2. The summed E-state index contributed by atoms with van der Waals surface area (Å²) in [6.07, 6.45) is 1.33. The van der Waals surface area contributed by atoms with Crippen molar-refractivity contribution < 1.29 is 24.0 Å². The number of carbonyl (C=O) groups excluding carboxylic acids is 2. The monoisotopic (exact) mass is 385 g/mol. The van der Waals surface area contributed by atoms with Gasteiger partial charge in [0.05, 0.1) is 22.8 Å². The minimum Gasteiger partial charge on any atom is -0.503 e. The van der Waals surface area contributed by atoms with Gasteiger partial charge in [-0.25, -0.2) is 0 Å². The topological polar surface area (TPSA) is 117 Å². The van der Waals surface area contributed by atoms with Gasteiger partial charge >= 0.3 is 0 Å². The van der Waals surface area contributed by atoms with Crippen molar-refractivity contribution in [2.75, 3.05) is 27.2 Å². The first kappa shape index (κ1) is 19.3. The highest BCUT2D eigenvalue weighted by Crippen LogP contribution is 2.39. The molecule has 3 rings (SSSR count). The summed E-state index contributed by atoms with van der Waals surface area (Å²) in [5.74, 6) is -1.91. The zero-order chi connectivity index (χ0) is 20.4. The van der Waals surface area contributed by atoms with Crippen LogP contribution in [0.15, 0.2) is 58.4 Å². The lowest BCUT2D eigenvalue weighted by molar-refractivity contribution is -0.384. The van der Waals surface area contributed by atoms with Crippen molar-refractivity contribution in [3.8, 4) is 0 Å². The number of Topliss-reactive ketones (excluding diaryl/α,β-unsaturated/α-hetero) is 1. The van der Waals surface area contributed by atoms with E-state index in [2.05, 4.69) is 0 Å². The standard InChI is InChI=1S/C19H19N3O6/c1-20(2)9-10-21-16(12-5-7-13(8-6-12)22(26)27)15(18(24)19(21)25)17(23)14-4-3-11-28-14/h3-8,11,16,24H,9-10H2,1-2H3/t16-/m1/s1. The molecule has 1 atom stereocenters. The van der Waals surface area contributed by atoms with Crippen LogP contribution in [0, 0.1) is 10.1 Å². The summed E-state index contributed by atoms with van der Waals surface area (Å²) in [7, 11) is 3.67. The van der Waals surface area contributed by atoms with Crippen LogP contribution in [0.5, 0.6) is 0 Å². The first-order chi connectivity index (χ1) is 13.3. The number of nitro groups is 1. The summed E-state index contributed by atoms with van der Waals surface area (Å²) in [6, 6.07) is 7.67. The molecule has 9 heteroatoms. The SMILES string of the molecule is CN(C)CCN1C(=O)C(O)=C(C(=O)c2ccco2)[C@H]1c1ccc([N+](=O)[O-])cc1. The van der Waals surface area contributed by atoms with E-state index in [9.17, 15) is 24.8 Å². The van der Waals surface area contributed by atoms with Crippen molar-refractivity contribution >= 4 is 17.4 Å². The summed E-state index contributed by atoms with van der Waals surface area (Å²) >= 11 is 0. The number of nitro benzene ring substituents is 1. The number of furan rings is 1. The molecular weight excluding hydrogens is 366 g/mol. The van der Waals surface area contributed by atoms with Gasteiger partial charge in [-0.3, -0.25) is 19.7 Å². The van der Waals surface area contributed by atoms with Gasteiger partial charge in [0.1, 0.15) is 0 Å². The van der Waals surface area contributed by atoms with Gasteiger partial charge in [-0.1, -0.05) is 0 Å². The Bertz CT molecular complexity index is 931. The molecule has 0 spiro atoms. The number of benzene rings is 1. The van der Waals surface area contributed by atoms with E-state index >= 15 is 0 Å². The van der Waals surface area contributed by atoms with Crippen LogP contribution in [0.4, 0.5) is 5.69 Å². The predicted molar refractivity (Wildman–Crippen MR) is 98.8 cm³/mol. The Morgan fingerprint density at radius 1 is 1.29 bits per heavy atom. The summed E-state index contributed by atoms with van der Waals surface area (Å²) in [4.78, 5) is 39.2. The van der Waals surface area contributed by atoms with Crippen LogP contribution in [0.25, 0.3) is 0 Å². The number of hydrogen-bond acceptors (Lipinski definition) is 7. The van der Waals surface area contributed by atoms with E-state index in [1.165, 1.54) is 47.6 Å². The minimum absolute atomic E-state index is 0.00396. The van der Waals surface area contributed by atoms with E-state index in [4.69, 9.17) is 4.42 Å². The van der Waals surface area contributed by atoms with Crippen LogP contribution in [-0.2, 0) is 4.79 Å². The molecule has 9 nitrogen and oxygen atoms in total. The molecule has 0 bridgehead atoms. The van der Waals surface area contributed by atoms with E-state index in [-0.39, 0.29) is 23.6 Å². The Balaban J connectivity index is 2.05. The normalized spacial score (nSPS) is 16.9. The molecule has 0 fully saturated rings. The lowest BCUT2D eigenvalue weighted by atomic mass is 9.95. The van der Waals surface area contributed by atoms with E-state index in [0.717, 1.165) is 0 Å². The molecule has 0 saturated heterocycles. The first-order valence-corrected chi connectivity index (χ1v) is 8.52. The largest absolute Gasteiger partial charge is 0.503 e. The van der Waals surface area contributed by atoms with E-state index in [1.54, 1.807) is 0 Å². The summed E-state index contributed by atoms with van der Waals surface area (Å²) in [6.45, 7) is 0.761. The average molecular weight is 385 g/mol. The molecule has 0 aliphatic carbocycles. The van der Waals surface area contributed by atoms with Gasteiger partial charge in [0, 0.05) is 25.2 Å². The third-order valence-electron chi connectivity index (χ3n) is 4.50. The van der Waals surface area contributed by atoms with Crippen molar-refractivity contribution in [3.63, 3.8) is 0 Å². The highest BCUT2D eigenvalue weighted by molar-refractivity contribution is 6.15. The summed E-state index contributed by atoms with van der Waals surface area (Å²) in [5, 5.41) is 21.4. The Kier molecular flexibility index (Phi) is 5.27. The molecular formula is C19H19N3O6. The van der Waals surface area contributed by atoms with Crippen LogP contribution in [0.2, 0.25) is 0 Å². The Morgan fingerprint density at radius 2 is 1.96 bits per heavy atom. The summed E-state index contributed by atoms with van der Waals surface area (Å²) < 4.78 is 5.14. The average Bonchev–Trinajstić information content (AvgIpc) is 3.28. The molecule has 0 radical (unpaired) electrons. The zero-order valence-corrected chi connectivity index (χ0v) is 15.4. The number of likely N-dealkylation sites (N-methyl/N-ethyl adjacent to an activating group) is 1. The number of amides is 1. The quantitative estimate of drug-likeness (QED) is 0.441. The van der Waals surface area contributed by atoms with Gasteiger partial charge in [0.2, 0.25) is 5.78 Å². The van der Waals surface area contributed by atoms with Gasteiger partial charge in [-0.15, -0.1) is 0 Å². The number of non-ortho nitro benzene ring substituents is 1. The van der Waals surface area contributed by atoms with Crippen LogP contribution in [0.1, 0.15) is 22.2 Å². The second-order valence-corrected chi connectivity index (χ2v) is 6.62. The number of rotatable bonds is 7. The van der Waals surface area contributed by atoms with E-state index in [0.29, 0.717) is 12.1 Å². The van der Waals surface area contributed by atoms with Gasteiger partial charge in [-0.2, -0.15) is 0 Å². The highest BCUT2D eigenvalue weighted by atomic mass is 16.6. The van der Waals surface area contributed by atoms with Crippen molar-refractivity contribution in [2.45, 2.75) is 6.04 Å². The van der Waals surface area contributed by atoms with E-state index in [1.807, 2.05) is 19.0 Å². The smallest absolute Gasteiger partial charge is 0.290 e. The third-order valence-corrected chi connectivity index (χ3v) is 4.50. The van der Waals surface area contributed by atoms with Crippen molar-refractivity contribution in [1.82, 2.24) is 9.80 Å². The number of ketones is 1. The fourth-order valence-electron chi connectivity index (χ4n) is 3.09. The van der Waals surface area contributed by atoms with Crippen LogP contribution >= 0.6 is 0 Å². The molecule has 1 aromatic heterocycles. The molecule has 0 saturated carbocycles. The maximum atomic E-state index is 12.9. The van der Waals surface area contributed by atoms with Gasteiger partial charge in [0.25, 0.3) is 11.6 Å². The molecule has 1 aromatic carbocycles. The lowest BCUT2D eigenvalue weighted by Gasteiger charge is -2.27. The molecule has 2 heterocycles. The van der Waals surface area contributed by atoms with E-state index < -0.39 is 28.4 Å². The number of hydrogen-bond donors (Lipinski definition) is 1.